The zero-order valence-electron chi connectivity index (χ0n) is 17.0. The van der Waals surface area contributed by atoms with Crippen molar-refractivity contribution in [2.24, 2.45) is 0 Å². The molecule has 0 aliphatic carbocycles. The summed E-state index contributed by atoms with van der Waals surface area (Å²) in [7, 11) is 0. The molecule has 4 heteroatoms. The van der Waals surface area contributed by atoms with Crippen LogP contribution < -0.4 is 14.8 Å². The first-order chi connectivity index (χ1) is 15.3. The van der Waals surface area contributed by atoms with E-state index in [1.165, 1.54) is 0 Å². The van der Waals surface area contributed by atoms with Gasteiger partial charge in [-0.05, 0) is 41.0 Å². The largest absolute Gasteiger partial charge is 0.489 e. The molecule has 0 saturated heterocycles. The highest BCUT2D eigenvalue weighted by atomic mass is 16.5. The lowest BCUT2D eigenvalue weighted by Crippen LogP contribution is -2.20. The van der Waals surface area contributed by atoms with E-state index in [9.17, 15) is 4.79 Å². The fourth-order valence-corrected chi connectivity index (χ4v) is 3.12. The Morgan fingerprint density at radius 1 is 0.645 bits per heavy atom. The SMILES string of the molecule is O=C(COc1ccc(-c2ccccc2)cc1)Nc1cccc(OCc2ccccc2)c1. The van der Waals surface area contributed by atoms with Gasteiger partial charge in [-0.2, -0.15) is 0 Å². The summed E-state index contributed by atoms with van der Waals surface area (Å²) in [6, 6.07) is 35.1. The molecule has 4 rings (SSSR count). The Morgan fingerprint density at radius 2 is 1.32 bits per heavy atom. The number of ether oxygens (including phenoxy) is 2. The van der Waals surface area contributed by atoms with Gasteiger partial charge in [0.2, 0.25) is 0 Å². The molecule has 0 fully saturated rings. The molecule has 1 amide bonds. The molecule has 4 nitrogen and oxygen atoms in total. The summed E-state index contributed by atoms with van der Waals surface area (Å²) in [5.74, 6) is 1.11. The quantitative estimate of drug-likeness (QED) is 0.391. The fraction of sp³-hybridized carbons (Fsp3) is 0.0741. The Labute approximate surface area is 182 Å². The normalized spacial score (nSPS) is 10.3. The van der Waals surface area contributed by atoms with E-state index in [2.05, 4.69) is 17.4 Å². The first-order valence-corrected chi connectivity index (χ1v) is 10.1. The predicted molar refractivity (Wildman–Crippen MR) is 123 cm³/mol. The third-order valence-corrected chi connectivity index (χ3v) is 4.70. The van der Waals surface area contributed by atoms with Crippen LogP contribution in [0.2, 0.25) is 0 Å². The van der Waals surface area contributed by atoms with Gasteiger partial charge in [-0.15, -0.1) is 0 Å². The lowest BCUT2D eigenvalue weighted by Gasteiger charge is -2.10. The van der Waals surface area contributed by atoms with Gasteiger partial charge in [0.05, 0.1) is 0 Å². The Morgan fingerprint density at radius 3 is 2.06 bits per heavy atom. The van der Waals surface area contributed by atoms with Crippen LogP contribution in [0.25, 0.3) is 11.1 Å². The minimum absolute atomic E-state index is 0.0697. The van der Waals surface area contributed by atoms with Gasteiger partial charge in [0.15, 0.2) is 6.61 Å². The van der Waals surface area contributed by atoms with Gasteiger partial charge in [-0.25, -0.2) is 0 Å². The molecule has 154 valence electrons. The van der Waals surface area contributed by atoms with Crippen LogP contribution in [0.1, 0.15) is 5.56 Å². The van der Waals surface area contributed by atoms with Crippen molar-refractivity contribution in [2.75, 3.05) is 11.9 Å². The minimum atomic E-state index is -0.229. The van der Waals surface area contributed by atoms with E-state index in [4.69, 9.17) is 9.47 Å². The van der Waals surface area contributed by atoms with E-state index in [1.54, 1.807) is 6.07 Å². The van der Waals surface area contributed by atoms with Crippen molar-refractivity contribution in [3.8, 4) is 22.6 Å². The predicted octanol–water partition coefficient (Wildman–Crippen LogP) is 5.95. The maximum Gasteiger partial charge on any atom is 0.262 e. The summed E-state index contributed by atoms with van der Waals surface area (Å²) in [6.07, 6.45) is 0. The molecule has 31 heavy (non-hydrogen) atoms. The summed E-state index contributed by atoms with van der Waals surface area (Å²) >= 11 is 0. The monoisotopic (exact) mass is 409 g/mol. The van der Waals surface area contributed by atoms with Crippen LogP contribution in [0, 0.1) is 0 Å². The lowest BCUT2D eigenvalue weighted by atomic mass is 10.1. The van der Waals surface area contributed by atoms with E-state index in [-0.39, 0.29) is 12.5 Å². The Hall–Kier alpha value is -4.05. The molecule has 0 unspecified atom stereocenters. The van der Waals surface area contributed by atoms with Gasteiger partial charge >= 0.3 is 0 Å². The van der Waals surface area contributed by atoms with Crippen molar-refractivity contribution in [1.82, 2.24) is 0 Å². The van der Waals surface area contributed by atoms with E-state index < -0.39 is 0 Å². The highest BCUT2D eigenvalue weighted by molar-refractivity contribution is 5.92. The van der Waals surface area contributed by atoms with Gasteiger partial charge in [0.1, 0.15) is 18.1 Å². The van der Waals surface area contributed by atoms with Crippen LogP contribution in [0.3, 0.4) is 0 Å². The van der Waals surface area contributed by atoms with E-state index in [1.807, 2.05) is 91.0 Å². The number of carbonyl (C=O) groups is 1. The zero-order chi connectivity index (χ0) is 21.3. The average molecular weight is 409 g/mol. The molecule has 4 aromatic carbocycles. The molecular formula is C27H23NO3. The number of hydrogen-bond donors (Lipinski definition) is 1. The number of rotatable bonds is 8. The van der Waals surface area contributed by atoms with Gasteiger partial charge in [-0.3, -0.25) is 4.79 Å². The zero-order valence-corrected chi connectivity index (χ0v) is 17.0. The minimum Gasteiger partial charge on any atom is -0.489 e. The van der Waals surface area contributed by atoms with Crippen LogP contribution in [0.4, 0.5) is 5.69 Å². The molecule has 1 N–H and O–H groups in total. The topological polar surface area (TPSA) is 47.6 Å². The Kier molecular flexibility index (Phi) is 6.61. The van der Waals surface area contributed by atoms with Crippen LogP contribution in [-0.4, -0.2) is 12.5 Å². The second-order valence-electron chi connectivity index (χ2n) is 7.03. The highest BCUT2D eigenvalue weighted by Crippen LogP contribution is 2.22. The molecule has 4 aromatic rings. The Bertz CT molecular complexity index is 1110. The number of amides is 1. The Balaban J connectivity index is 1.28. The van der Waals surface area contributed by atoms with Crippen LogP contribution in [0.15, 0.2) is 109 Å². The van der Waals surface area contributed by atoms with Crippen LogP contribution in [-0.2, 0) is 11.4 Å². The number of anilines is 1. The van der Waals surface area contributed by atoms with Gasteiger partial charge in [-0.1, -0.05) is 78.9 Å². The van der Waals surface area contributed by atoms with Crippen LogP contribution >= 0.6 is 0 Å². The van der Waals surface area contributed by atoms with E-state index in [0.29, 0.717) is 23.8 Å². The van der Waals surface area contributed by atoms with Crippen molar-refractivity contribution in [1.29, 1.82) is 0 Å². The van der Waals surface area contributed by atoms with Gasteiger partial charge < -0.3 is 14.8 Å². The van der Waals surface area contributed by atoms with E-state index >= 15 is 0 Å². The summed E-state index contributed by atoms with van der Waals surface area (Å²) in [5, 5.41) is 2.84. The second-order valence-corrected chi connectivity index (χ2v) is 7.03. The van der Waals surface area contributed by atoms with Crippen molar-refractivity contribution < 1.29 is 14.3 Å². The van der Waals surface area contributed by atoms with E-state index in [0.717, 1.165) is 16.7 Å². The molecule has 0 heterocycles. The maximum absolute atomic E-state index is 12.3. The first kappa shape index (κ1) is 20.2. The summed E-state index contributed by atoms with van der Waals surface area (Å²) in [6.45, 7) is 0.403. The average Bonchev–Trinajstić information content (AvgIpc) is 2.83. The summed E-state index contributed by atoms with van der Waals surface area (Å²) < 4.78 is 11.4. The molecule has 0 aromatic heterocycles. The van der Waals surface area contributed by atoms with Crippen molar-refractivity contribution in [3.63, 3.8) is 0 Å². The molecule has 0 radical (unpaired) electrons. The summed E-state index contributed by atoms with van der Waals surface area (Å²) in [4.78, 5) is 12.3. The second kappa shape index (κ2) is 10.1. The molecular weight excluding hydrogens is 386 g/mol. The van der Waals surface area contributed by atoms with Crippen molar-refractivity contribution in [2.45, 2.75) is 6.61 Å². The number of hydrogen-bond acceptors (Lipinski definition) is 3. The number of nitrogens with one attached hydrogen (secondary N) is 1. The molecule has 0 atom stereocenters. The highest BCUT2D eigenvalue weighted by Gasteiger charge is 2.06. The number of carbonyl (C=O) groups excluding carboxylic acids is 1. The third-order valence-electron chi connectivity index (χ3n) is 4.70. The van der Waals surface area contributed by atoms with Gasteiger partial charge in [0, 0.05) is 11.8 Å². The fourth-order valence-electron chi connectivity index (χ4n) is 3.12. The smallest absolute Gasteiger partial charge is 0.262 e. The molecule has 0 saturated carbocycles. The first-order valence-electron chi connectivity index (χ1n) is 10.1. The molecule has 0 aliphatic rings. The standard InChI is InChI=1S/C27H23NO3/c29-27(20-31-25-16-14-23(15-17-25)22-10-5-2-6-11-22)28-24-12-7-13-26(18-24)30-19-21-8-3-1-4-9-21/h1-18H,19-20H2,(H,28,29). The molecule has 0 aliphatic heterocycles. The lowest BCUT2D eigenvalue weighted by molar-refractivity contribution is -0.118. The van der Waals surface area contributed by atoms with Crippen molar-refractivity contribution >= 4 is 11.6 Å². The molecule has 0 spiro atoms. The number of benzene rings is 4. The molecule has 0 bridgehead atoms. The maximum atomic E-state index is 12.3. The third kappa shape index (κ3) is 5.97. The van der Waals surface area contributed by atoms with Crippen LogP contribution in [0.5, 0.6) is 11.5 Å². The van der Waals surface area contributed by atoms with Crippen molar-refractivity contribution in [3.05, 3.63) is 115 Å². The summed E-state index contributed by atoms with van der Waals surface area (Å²) in [5.41, 5.74) is 3.99. The van der Waals surface area contributed by atoms with Gasteiger partial charge in [0.25, 0.3) is 5.91 Å².